The van der Waals surface area contributed by atoms with Gasteiger partial charge in [-0.25, -0.2) is 0 Å². The molecule has 2 aromatic heterocycles. The van der Waals surface area contributed by atoms with Gasteiger partial charge in [0.1, 0.15) is 0 Å². The molecule has 0 bridgehead atoms. The summed E-state index contributed by atoms with van der Waals surface area (Å²) in [4.78, 5) is 8.71. The Morgan fingerprint density at radius 2 is 2.19 bits per heavy atom. The van der Waals surface area contributed by atoms with Crippen LogP contribution in [0.3, 0.4) is 0 Å². The average molecular weight is 327 g/mol. The maximum absolute atomic E-state index is 6.17. The summed E-state index contributed by atoms with van der Waals surface area (Å²) in [6, 6.07) is 5.97. The number of pyridine rings is 1. The lowest BCUT2D eigenvalue weighted by Crippen LogP contribution is -2.44. The SMILES string of the molecule is Cl.NC1(c2noc(CCSCc3ccccn3)n2)CCC1. The van der Waals surface area contributed by atoms with E-state index in [2.05, 4.69) is 15.1 Å². The van der Waals surface area contributed by atoms with Gasteiger partial charge in [-0.2, -0.15) is 16.7 Å². The van der Waals surface area contributed by atoms with E-state index in [4.69, 9.17) is 10.3 Å². The summed E-state index contributed by atoms with van der Waals surface area (Å²) >= 11 is 1.82. The maximum Gasteiger partial charge on any atom is 0.227 e. The minimum Gasteiger partial charge on any atom is -0.339 e. The van der Waals surface area contributed by atoms with Crippen molar-refractivity contribution in [3.8, 4) is 0 Å². The monoisotopic (exact) mass is 326 g/mol. The van der Waals surface area contributed by atoms with Gasteiger partial charge in [0.05, 0.1) is 11.2 Å². The first-order valence-corrected chi connectivity index (χ1v) is 8.01. The van der Waals surface area contributed by atoms with E-state index < -0.39 is 0 Å². The predicted octanol–water partition coefficient (Wildman–Crippen LogP) is 2.70. The Kier molecular flexibility index (Phi) is 5.61. The second-order valence-electron chi connectivity index (χ2n) is 5.15. The van der Waals surface area contributed by atoms with Crippen molar-refractivity contribution >= 4 is 24.2 Å². The molecule has 2 aromatic rings. The molecule has 5 nitrogen and oxygen atoms in total. The van der Waals surface area contributed by atoms with Crippen molar-refractivity contribution in [1.29, 1.82) is 0 Å². The van der Waals surface area contributed by atoms with Crippen LogP contribution in [0, 0.1) is 0 Å². The van der Waals surface area contributed by atoms with Crippen LogP contribution in [0.5, 0.6) is 0 Å². The fourth-order valence-corrected chi connectivity index (χ4v) is 3.00. The number of thioether (sulfide) groups is 1. The van der Waals surface area contributed by atoms with Crippen molar-refractivity contribution in [2.75, 3.05) is 5.75 Å². The van der Waals surface area contributed by atoms with Gasteiger partial charge in [0.15, 0.2) is 5.82 Å². The van der Waals surface area contributed by atoms with E-state index in [0.29, 0.717) is 11.7 Å². The number of aryl methyl sites for hydroxylation is 1. The van der Waals surface area contributed by atoms with Gasteiger partial charge in [0.2, 0.25) is 5.89 Å². The van der Waals surface area contributed by atoms with Gasteiger partial charge in [0.25, 0.3) is 0 Å². The van der Waals surface area contributed by atoms with E-state index in [1.54, 1.807) is 0 Å². The molecule has 0 saturated heterocycles. The summed E-state index contributed by atoms with van der Waals surface area (Å²) in [7, 11) is 0. The third-order valence-corrected chi connectivity index (χ3v) is 4.59. The largest absolute Gasteiger partial charge is 0.339 e. The third kappa shape index (κ3) is 3.96. The summed E-state index contributed by atoms with van der Waals surface area (Å²) in [6.07, 6.45) is 5.67. The van der Waals surface area contributed by atoms with Crippen LogP contribution in [0.4, 0.5) is 0 Å². The van der Waals surface area contributed by atoms with Gasteiger partial charge in [-0.15, -0.1) is 12.4 Å². The molecule has 114 valence electrons. The first-order valence-electron chi connectivity index (χ1n) is 6.86. The predicted molar refractivity (Wildman–Crippen MR) is 85.4 cm³/mol. The molecule has 2 N–H and O–H groups in total. The number of hydrogen-bond donors (Lipinski definition) is 1. The van der Waals surface area contributed by atoms with Gasteiger partial charge in [-0.1, -0.05) is 11.2 Å². The Hall–Kier alpha value is -1.11. The molecule has 0 radical (unpaired) electrons. The Bertz CT molecular complexity index is 559. The van der Waals surface area contributed by atoms with Crippen molar-refractivity contribution in [1.82, 2.24) is 15.1 Å². The number of aromatic nitrogens is 3. The molecule has 21 heavy (non-hydrogen) atoms. The smallest absolute Gasteiger partial charge is 0.227 e. The fourth-order valence-electron chi connectivity index (χ4n) is 2.16. The highest BCUT2D eigenvalue weighted by Crippen LogP contribution is 2.36. The minimum absolute atomic E-state index is 0. The Morgan fingerprint density at radius 1 is 1.33 bits per heavy atom. The Morgan fingerprint density at radius 3 is 2.86 bits per heavy atom. The molecular formula is C14H19ClN4OS. The zero-order valence-electron chi connectivity index (χ0n) is 11.7. The van der Waals surface area contributed by atoms with Crippen LogP contribution in [-0.2, 0) is 17.7 Å². The van der Waals surface area contributed by atoms with Crippen LogP contribution in [0.15, 0.2) is 28.9 Å². The van der Waals surface area contributed by atoms with Gasteiger partial charge in [-0.3, -0.25) is 4.98 Å². The van der Waals surface area contributed by atoms with Crippen LogP contribution < -0.4 is 5.73 Å². The minimum atomic E-state index is -0.331. The van der Waals surface area contributed by atoms with E-state index in [0.717, 1.165) is 42.9 Å². The van der Waals surface area contributed by atoms with Gasteiger partial charge < -0.3 is 10.3 Å². The standard InChI is InChI=1S/C14H18N4OS.ClH/c15-14(6-3-7-14)13-17-12(19-18-13)5-9-20-10-11-4-1-2-8-16-11;/h1-2,4,8H,3,5-7,9-10,15H2;1H. The second kappa shape index (κ2) is 7.24. The molecule has 1 aliphatic rings. The summed E-state index contributed by atoms with van der Waals surface area (Å²) in [5.74, 6) is 3.21. The summed E-state index contributed by atoms with van der Waals surface area (Å²) in [5, 5.41) is 4.01. The number of hydrogen-bond acceptors (Lipinski definition) is 6. The molecule has 2 heterocycles. The molecule has 1 aliphatic carbocycles. The molecule has 0 atom stereocenters. The number of rotatable bonds is 6. The van der Waals surface area contributed by atoms with Crippen molar-refractivity contribution in [3.63, 3.8) is 0 Å². The van der Waals surface area contributed by atoms with E-state index in [1.807, 2.05) is 36.2 Å². The van der Waals surface area contributed by atoms with Crippen LogP contribution in [0.25, 0.3) is 0 Å². The van der Waals surface area contributed by atoms with Gasteiger partial charge in [0, 0.05) is 24.1 Å². The molecule has 7 heteroatoms. The fraction of sp³-hybridized carbons (Fsp3) is 0.500. The Labute approximate surface area is 134 Å². The highest BCUT2D eigenvalue weighted by molar-refractivity contribution is 7.98. The van der Waals surface area contributed by atoms with Crippen molar-refractivity contribution < 1.29 is 4.52 Å². The maximum atomic E-state index is 6.17. The van der Waals surface area contributed by atoms with Crippen molar-refractivity contribution in [2.24, 2.45) is 5.73 Å². The second-order valence-corrected chi connectivity index (χ2v) is 6.25. The molecule has 1 fully saturated rings. The van der Waals surface area contributed by atoms with E-state index in [9.17, 15) is 0 Å². The highest BCUT2D eigenvalue weighted by Gasteiger charge is 2.38. The molecule has 0 amide bonds. The normalized spacial score (nSPS) is 16.0. The first-order chi connectivity index (χ1) is 9.76. The van der Waals surface area contributed by atoms with Crippen LogP contribution >= 0.6 is 24.2 Å². The average Bonchev–Trinajstić information content (AvgIpc) is 2.91. The van der Waals surface area contributed by atoms with Crippen molar-refractivity contribution in [3.05, 3.63) is 41.8 Å². The molecule has 0 aliphatic heterocycles. The summed E-state index contributed by atoms with van der Waals surface area (Å²) in [5.41, 5.74) is 6.94. The molecule has 0 aromatic carbocycles. The van der Waals surface area contributed by atoms with Crippen LogP contribution in [0.2, 0.25) is 0 Å². The van der Waals surface area contributed by atoms with E-state index >= 15 is 0 Å². The van der Waals surface area contributed by atoms with E-state index in [-0.39, 0.29) is 17.9 Å². The van der Waals surface area contributed by atoms with Gasteiger partial charge in [-0.05, 0) is 31.4 Å². The molecular weight excluding hydrogens is 308 g/mol. The zero-order chi connectivity index (χ0) is 13.8. The lowest BCUT2D eigenvalue weighted by molar-refractivity contribution is 0.229. The Balaban J connectivity index is 0.00000161. The molecule has 0 spiro atoms. The quantitative estimate of drug-likeness (QED) is 0.822. The third-order valence-electron chi connectivity index (χ3n) is 3.60. The number of halogens is 1. The van der Waals surface area contributed by atoms with Crippen LogP contribution in [0.1, 0.15) is 36.7 Å². The molecule has 3 rings (SSSR count). The zero-order valence-corrected chi connectivity index (χ0v) is 13.3. The molecule has 0 unspecified atom stereocenters. The highest BCUT2D eigenvalue weighted by atomic mass is 35.5. The number of nitrogens with two attached hydrogens (primary N) is 1. The van der Waals surface area contributed by atoms with E-state index in [1.165, 1.54) is 0 Å². The summed E-state index contributed by atoms with van der Waals surface area (Å²) < 4.78 is 5.27. The van der Waals surface area contributed by atoms with Gasteiger partial charge >= 0.3 is 0 Å². The lowest BCUT2D eigenvalue weighted by Gasteiger charge is -2.34. The molecule has 1 saturated carbocycles. The number of nitrogens with zero attached hydrogens (tertiary/aromatic N) is 3. The first kappa shape index (κ1) is 16.3. The van der Waals surface area contributed by atoms with Crippen molar-refractivity contribution in [2.45, 2.75) is 37.0 Å². The topological polar surface area (TPSA) is 77.8 Å². The summed E-state index contributed by atoms with van der Waals surface area (Å²) in [6.45, 7) is 0. The lowest BCUT2D eigenvalue weighted by atomic mass is 9.77. The van der Waals surface area contributed by atoms with Crippen LogP contribution in [-0.4, -0.2) is 20.9 Å².